The van der Waals surface area contributed by atoms with Gasteiger partial charge in [-0.3, -0.25) is 0 Å². The zero-order valence-electron chi connectivity index (χ0n) is 45.2. The van der Waals surface area contributed by atoms with Crippen LogP contribution in [0.5, 0.6) is 0 Å². The number of hydrogen-bond donors (Lipinski definition) is 0. The van der Waals surface area contributed by atoms with Crippen molar-refractivity contribution in [1.29, 1.82) is 0 Å². The lowest BCUT2D eigenvalue weighted by atomic mass is 9.80. The lowest BCUT2D eigenvalue weighted by Gasteiger charge is -2.45. The van der Waals surface area contributed by atoms with E-state index in [9.17, 15) is 0 Å². The Labute approximate surface area is 486 Å². The molecule has 0 N–H and O–H groups in total. The fraction of sp³-hybridized carbons (Fsp3) is 1.00. The van der Waals surface area contributed by atoms with E-state index in [0.29, 0.717) is 93.2 Å². The zero-order valence-corrected chi connectivity index (χ0v) is 58.0. The van der Waals surface area contributed by atoms with E-state index in [2.05, 4.69) is 170 Å². The Morgan fingerprint density at radius 1 is 0.389 bits per heavy atom. The third-order valence-electron chi connectivity index (χ3n) is 16.7. The summed E-state index contributed by atoms with van der Waals surface area (Å²) in [4.78, 5) is 0. The Morgan fingerprint density at radius 3 is 0.986 bits per heavy atom. The van der Waals surface area contributed by atoms with E-state index < -0.39 is 26.4 Å². The van der Waals surface area contributed by atoms with Crippen LogP contribution in [0.1, 0.15) is 172 Å². The van der Waals surface area contributed by atoms with Crippen LogP contribution in [-0.2, 0) is 39.8 Å². The maximum atomic E-state index is 6.63. The van der Waals surface area contributed by atoms with E-state index in [1.807, 2.05) is 29.5 Å². The van der Waals surface area contributed by atoms with Crippen molar-refractivity contribution in [2.24, 2.45) is 29.6 Å². The first-order valence-electron chi connectivity index (χ1n) is 27.7. The Balaban J connectivity index is 1.03. The lowest BCUT2D eigenvalue weighted by molar-refractivity contribution is 0.0553. The van der Waals surface area contributed by atoms with Gasteiger partial charge in [0.05, 0.1) is 4.08 Å². The molecule has 11 atom stereocenters. The van der Waals surface area contributed by atoms with Crippen molar-refractivity contribution in [2.45, 2.75) is 213 Å². The van der Waals surface area contributed by atoms with Gasteiger partial charge in [-0.25, -0.2) is 0 Å². The minimum Gasteiger partial charge on any atom is -0.374 e. The molecule has 7 fully saturated rings. The summed E-state index contributed by atoms with van der Waals surface area (Å²) in [6, 6.07) is 0. The highest BCUT2D eigenvalue weighted by Crippen LogP contribution is 2.74. The fourth-order valence-corrected chi connectivity index (χ4v) is 54.6. The second-order valence-corrected chi connectivity index (χ2v) is 49.0. The maximum absolute atomic E-state index is 6.63. The molecule has 72 heavy (non-hydrogen) atoms. The number of rotatable bonds is 37. The molecule has 0 amide bonds. The van der Waals surface area contributed by atoms with Gasteiger partial charge in [-0.1, -0.05) is 78.6 Å². The van der Waals surface area contributed by atoms with E-state index in [-0.39, 0.29) is 18.3 Å². The number of fused-ring (bicyclic) bond motifs is 6. The molecule has 0 radical (unpaired) electrons. The topological polar surface area (TPSA) is 83.1 Å². The molecule has 7 aliphatic carbocycles. The molecule has 0 spiro atoms. The largest absolute Gasteiger partial charge is 0.505 e. The molecule has 0 aliphatic heterocycles. The molecule has 9 nitrogen and oxygen atoms in total. The Kier molecular flexibility index (Phi) is 26.5. The number of hydrogen-bond acceptors (Lipinski definition) is 21. The van der Waals surface area contributed by atoms with Crippen molar-refractivity contribution in [3.8, 4) is 0 Å². The van der Waals surface area contributed by atoms with E-state index in [4.69, 9.17) is 39.8 Å². The molecule has 7 aliphatic rings. The van der Waals surface area contributed by atoms with Crippen molar-refractivity contribution < 1.29 is 39.8 Å². The van der Waals surface area contributed by atoms with Gasteiger partial charge in [-0.15, -0.1) is 0 Å². The van der Waals surface area contributed by atoms with Crippen LogP contribution in [0.2, 0.25) is 16.6 Å². The van der Waals surface area contributed by atoms with E-state index in [0.717, 1.165) is 17.8 Å². The van der Waals surface area contributed by atoms with Gasteiger partial charge in [0.15, 0.2) is 0 Å². The predicted molar refractivity (Wildman–Crippen MR) is 337 cm³/mol. The summed E-state index contributed by atoms with van der Waals surface area (Å²) in [5.74, 6) is 3.50. The molecule has 420 valence electrons. The summed E-state index contributed by atoms with van der Waals surface area (Å²) in [6.07, 6.45) is 18.7. The van der Waals surface area contributed by atoms with Crippen LogP contribution in [0.25, 0.3) is 0 Å². The summed E-state index contributed by atoms with van der Waals surface area (Å²) in [7, 11) is 16.8. The Hall–Kier alpha value is 4.49. The first kappa shape index (κ1) is 64.1. The van der Waals surface area contributed by atoms with Crippen LogP contribution in [0, 0.1) is 29.6 Å². The highest BCUT2D eigenvalue weighted by Gasteiger charge is 2.68. The van der Waals surface area contributed by atoms with Gasteiger partial charge < -0.3 is 39.8 Å². The molecular formula is C48H90O9S12Si3. The molecule has 0 heterocycles. The first-order chi connectivity index (χ1) is 34.8. The Bertz CT molecular complexity index is 1530. The molecular weight excluding hydrogens is 1190 g/mol. The minimum atomic E-state index is -2.85. The molecule has 6 bridgehead atoms. The Morgan fingerprint density at radius 2 is 0.694 bits per heavy atom. The molecule has 0 saturated heterocycles. The first-order valence-corrected chi connectivity index (χ1v) is 47.6. The van der Waals surface area contributed by atoms with Gasteiger partial charge in [-0.2, -0.15) is 0 Å². The average Bonchev–Trinajstić information content (AvgIpc) is 4.24. The SMILES string of the molecule is CCO[Si](OCC)(OCC)C1CC2CCC1(SSSSC1CCC(SSSSC34CCC(CC3[Si](OCC)(OCC)OCC)C4)(SSSSC34CCC(CC3[Si](OCC)(OCC)OCC)C4)CC1C(C)C)C2. The smallest absolute Gasteiger partial charge is 0.374 e. The summed E-state index contributed by atoms with van der Waals surface area (Å²) in [6.45, 7) is 29.8. The molecule has 0 aromatic carbocycles. The second-order valence-electron chi connectivity index (χ2n) is 21.1. The molecule has 24 heteroatoms. The molecule has 11 unspecified atom stereocenters. The van der Waals surface area contributed by atoms with Crippen LogP contribution in [0.15, 0.2) is 0 Å². The second kappa shape index (κ2) is 29.8. The van der Waals surface area contributed by atoms with E-state index >= 15 is 0 Å². The highest BCUT2D eigenvalue weighted by atomic mass is 33.7. The summed E-state index contributed by atoms with van der Waals surface area (Å²) >= 11 is 0. The predicted octanol–water partition coefficient (Wildman–Crippen LogP) is 18.6. The zero-order chi connectivity index (χ0) is 51.5. The van der Waals surface area contributed by atoms with Gasteiger partial charge in [0.25, 0.3) is 0 Å². The van der Waals surface area contributed by atoms with Crippen molar-refractivity contribution in [3.63, 3.8) is 0 Å². The van der Waals surface area contributed by atoms with Crippen LogP contribution >= 0.6 is 124 Å². The lowest BCUT2D eigenvalue weighted by Crippen LogP contribution is -2.55. The van der Waals surface area contributed by atoms with Crippen LogP contribution in [0.4, 0.5) is 0 Å². The van der Waals surface area contributed by atoms with Gasteiger partial charge in [0, 0.05) is 95.6 Å². The van der Waals surface area contributed by atoms with Gasteiger partial charge >= 0.3 is 26.4 Å². The van der Waals surface area contributed by atoms with E-state index in [1.165, 1.54) is 96.3 Å². The molecule has 7 saturated carbocycles. The molecule has 7 rings (SSSR count). The fourth-order valence-electron chi connectivity index (χ4n) is 14.1. The normalized spacial score (nSPS) is 35.5. The van der Waals surface area contributed by atoms with E-state index in [1.54, 1.807) is 0 Å². The molecule has 0 aromatic heterocycles. The highest BCUT2D eigenvalue weighted by molar-refractivity contribution is 9.29. The molecule has 0 aromatic rings. The summed E-state index contributed by atoms with van der Waals surface area (Å²) < 4.78 is 60.1. The van der Waals surface area contributed by atoms with Crippen LogP contribution in [-0.4, -0.2) is 109 Å². The van der Waals surface area contributed by atoms with Gasteiger partial charge in [0.2, 0.25) is 0 Å². The van der Waals surface area contributed by atoms with Crippen molar-refractivity contribution >= 4 is 150 Å². The average molecular weight is 1280 g/mol. The summed E-state index contributed by atoms with van der Waals surface area (Å²) in [5.41, 5.74) is 1.08. The monoisotopic (exact) mass is 1280 g/mol. The van der Waals surface area contributed by atoms with Crippen LogP contribution < -0.4 is 0 Å². The third kappa shape index (κ3) is 14.5. The standard InChI is InChI=1S/C48H90O9S12Si3/c1-12-49-70(50-13-2,51-14-3)42-29-37-21-25-45(42,32-37)59-65-64-58-41-24-28-48(35-40(41)36(10)11,62-68-66-60-46-26-22-38(33-46)30-43(46)71(52-15-4,53-16-5)54-17-6)63-69-67-61-47-27-23-39(34-47)31-44(47)72(55-18-7,56-19-8)57-20-9/h36-44H,12-35H2,1-11H3. The van der Waals surface area contributed by atoms with Crippen molar-refractivity contribution in [1.82, 2.24) is 0 Å². The maximum Gasteiger partial charge on any atom is 0.505 e. The quantitative estimate of drug-likeness (QED) is 0.0256. The third-order valence-corrected chi connectivity index (χ3v) is 52.5. The van der Waals surface area contributed by atoms with Crippen molar-refractivity contribution in [2.75, 3.05) is 59.5 Å². The van der Waals surface area contributed by atoms with Crippen molar-refractivity contribution in [3.05, 3.63) is 0 Å². The van der Waals surface area contributed by atoms with Gasteiger partial charge in [0.1, 0.15) is 0 Å². The minimum absolute atomic E-state index is 0.104. The van der Waals surface area contributed by atoms with Crippen LogP contribution in [0.3, 0.4) is 0 Å². The summed E-state index contributed by atoms with van der Waals surface area (Å²) in [5, 5.41) is 0.623. The van der Waals surface area contributed by atoms with Gasteiger partial charge in [-0.05, 0) is 247 Å².